The molecular formula is C6H12O3S. The summed E-state index contributed by atoms with van der Waals surface area (Å²) in [7, 11) is 0. The van der Waals surface area contributed by atoms with E-state index < -0.39 is 16.6 Å². The maximum atomic E-state index is 10.5. The molecule has 0 aliphatic rings. The molecule has 0 aliphatic carbocycles. The highest BCUT2D eigenvalue weighted by atomic mass is 32.1. The number of hydrogen-bond donors (Lipinski definition) is 3. The highest BCUT2D eigenvalue weighted by Gasteiger charge is 2.30. The van der Waals surface area contributed by atoms with E-state index in [2.05, 4.69) is 12.6 Å². The van der Waals surface area contributed by atoms with Gasteiger partial charge in [0.1, 0.15) is 6.10 Å². The van der Waals surface area contributed by atoms with Gasteiger partial charge in [0, 0.05) is 5.41 Å². The third-order valence-electron chi connectivity index (χ3n) is 1.38. The lowest BCUT2D eigenvalue weighted by atomic mass is 9.88. The molecule has 2 N–H and O–H groups in total. The lowest BCUT2D eigenvalue weighted by molar-refractivity contribution is -0.125. The summed E-state index contributed by atoms with van der Waals surface area (Å²) < 4.78 is 0. The molecule has 10 heavy (non-hydrogen) atoms. The molecule has 0 bridgehead atoms. The first-order chi connectivity index (χ1) is 4.41. The minimum Gasteiger partial charge on any atom is -0.396 e. The Morgan fingerprint density at radius 2 is 2.10 bits per heavy atom. The molecule has 0 saturated carbocycles. The number of carbonyl (C=O) groups excluding carboxylic acids is 1. The largest absolute Gasteiger partial charge is 0.396 e. The van der Waals surface area contributed by atoms with E-state index in [9.17, 15) is 4.79 Å². The minimum atomic E-state index is -1.19. The lowest BCUT2D eigenvalue weighted by Gasteiger charge is -2.25. The van der Waals surface area contributed by atoms with Crippen molar-refractivity contribution in [2.75, 3.05) is 6.61 Å². The normalized spacial score (nSPS) is 14.9. The zero-order chi connectivity index (χ0) is 8.36. The van der Waals surface area contributed by atoms with Crippen LogP contribution >= 0.6 is 12.6 Å². The Hall–Kier alpha value is -0.0600. The van der Waals surface area contributed by atoms with Crippen molar-refractivity contribution in [2.24, 2.45) is 5.41 Å². The third-order valence-corrected chi connectivity index (χ3v) is 1.63. The second kappa shape index (κ2) is 3.37. The molecule has 60 valence electrons. The summed E-state index contributed by atoms with van der Waals surface area (Å²) in [6, 6.07) is 0. The van der Waals surface area contributed by atoms with E-state index in [0.29, 0.717) is 0 Å². The first kappa shape index (κ1) is 9.94. The minimum absolute atomic E-state index is 0.236. The Balaban J connectivity index is 4.17. The first-order valence-electron chi connectivity index (χ1n) is 2.93. The molecule has 0 spiro atoms. The highest BCUT2D eigenvalue weighted by Crippen LogP contribution is 2.20. The Kier molecular flexibility index (Phi) is 3.35. The fourth-order valence-corrected chi connectivity index (χ4v) is 0.770. The molecule has 3 nitrogen and oxygen atoms in total. The van der Waals surface area contributed by atoms with Crippen LogP contribution in [0, 0.1) is 5.41 Å². The van der Waals surface area contributed by atoms with Crippen LogP contribution in [0.2, 0.25) is 0 Å². The zero-order valence-electron chi connectivity index (χ0n) is 6.03. The van der Waals surface area contributed by atoms with Crippen LogP contribution in [0.1, 0.15) is 13.8 Å². The van der Waals surface area contributed by atoms with Crippen LogP contribution in [-0.4, -0.2) is 28.0 Å². The molecular weight excluding hydrogens is 152 g/mol. The van der Waals surface area contributed by atoms with Crippen molar-refractivity contribution in [3.8, 4) is 0 Å². The summed E-state index contributed by atoms with van der Waals surface area (Å²) in [5, 5.41) is 17.1. The molecule has 0 aromatic rings. The van der Waals surface area contributed by atoms with Gasteiger partial charge in [-0.15, -0.1) is 12.6 Å². The van der Waals surface area contributed by atoms with Gasteiger partial charge >= 0.3 is 0 Å². The average molecular weight is 164 g/mol. The second-order valence-electron chi connectivity index (χ2n) is 2.89. The van der Waals surface area contributed by atoms with Crippen LogP contribution in [0.3, 0.4) is 0 Å². The molecule has 0 rings (SSSR count). The topological polar surface area (TPSA) is 57.5 Å². The molecule has 1 unspecified atom stereocenters. The Labute approximate surface area is 65.5 Å². The second-order valence-corrected chi connectivity index (χ2v) is 3.33. The molecule has 0 amide bonds. The summed E-state index contributed by atoms with van der Waals surface area (Å²) in [5.74, 6) is 0. The van der Waals surface area contributed by atoms with Gasteiger partial charge < -0.3 is 10.2 Å². The third kappa shape index (κ3) is 2.28. The van der Waals surface area contributed by atoms with Crippen molar-refractivity contribution >= 4 is 17.7 Å². The predicted molar refractivity (Wildman–Crippen MR) is 40.9 cm³/mol. The summed E-state index contributed by atoms with van der Waals surface area (Å²) in [4.78, 5) is 10.5. The summed E-state index contributed by atoms with van der Waals surface area (Å²) >= 11 is 3.44. The SMILES string of the molecule is CC(C)(CO)C(O)C(=O)S. The maximum absolute atomic E-state index is 10.5. The van der Waals surface area contributed by atoms with Crippen molar-refractivity contribution in [1.29, 1.82) is 0 Å². The van der Waals surface area contributed by atoms with Gasteiger partial charge in [-0.1, -0.05) is 13.8 Å². The van der Waals surface area contributed by atoms with Gasteiger partial charge in [-0.25, -0.2) is 0 Å². The van der Waals surface area contributed by atoms with Crippen molar-refractivity contribution in [3.05, 3.63) is 0 Å². The highest BCUT2D eigenvalue weighted by molar-refractivity contribution is 7.96. The number of carbonyl (C=O) groups is 1. The smallest absolute Gasteiger partial charge is 0.215 e. The predicted octanol–water partition coefficient (Wildman–Crippen LogP) is -0.178. The van der Waals surface area contributed by atoms with Crippen molar-refractivity contribution in [2.45, 2.75) is 20.0 Å². The molecule has 0 heterocycles. The van der Waals surface area contributed by atoms with E-state index in [-0.39, 0.29) is 6.61 Å². The van der Waals surface area contributed by atoms with Crippen molar-refractivity contribution in [1.82, 2.24) is 0 Å². The molecule has 1 atom stereocenters. The van der Waals surface area contributed by atoms with Gasteiger partial charge in [-0.3, -0.25) is 4.79 Å². The number of thiol groups is 1. The summed E-state index contributed by atoms with van der Waals surface area (Å²) in [5.41, 5.74) is -0.793. The number of aliphatic hydroxyl groups is 2. The average Bonchev–Trinajstić information content (AvgIpc) is 1.86. The standard InChI is InChI=1S/C6H12O3S/c1-6(2,3-7)4(8)5(9)10/h4,7-8H,3H2,1-2H3,(H,9,10). The first-order valence-corrected chi connectivity index (χ1v) is 3.38. The van der Waals surface area contributed by atoms with Crippen molar-refractivity contribution < 1.29 is 15.0 Å². The molecule has 0 saturated heterocycles. The Morgan fingerprint density at radius 1 is 1.70 bits per heavy atom. The molecule has 4 heteroatoms. The fraction of sp³-hybridized carbons (Fsp3) is 0.833. The quantitative estimate of drug-likeness (QED) is 0.507. The van der Waals surface area contributed by atoms with Gasteiger partial charge in [0.2, 0.25) is 5.12 Å². The number of hydrogen-bond acceptors (Lipinski definition) is 3. The molecule has 0 aromatic heterocycles. The van der Waals surface area contributed by atoms with E-state index in [1.165, 1.54) is 0 Å². The van der Waals surface area contributed by atoms with E-state index in [1.54, 1.807) is 13.8 Å². The van der Waals surface area contributed by atoms with Gasteiger partial charge in [0.15, 0.2) is 0 Å². The van der Waals surface area contributed by atoms with Gasteiger partial charge in [-0.05, 0) is 0 Å². The monoisotopic (exact) mass is 164 g/mol. The van der Waals surface area contributed by atoms with E-state index in [4.69, 9.17) is 10.2 Å². The van der Waals surface area contributed by atoms with E-state index in [0.717, 1.165) is 0 Å². The van der Waals surface area contributed by atoms with Crippen LogP contribution in [-0.2, 0) is 4.79 Å². The number of aliphatic hydroxyl groups excluding tert-OH is 2. The molecule has 0 aromatic carbocycles. The van der Waals surface area contributed by atoms with Crippen LogP contribution in [0.5, 0.6) is 0 Å². The molecule has 0 fully saturated rings. The summed E-state index contributed by atoms with van der Waals surface area (Å²) in [6.45, 7) is 2.94. The molecule has 0 radical (unpaired) electrons. The zero-order valence-corrected chi connectivity index (χ0v) is 6.93. The van der Waals surface area contributed by atoms with Crippen LogP contribution in [0.25, 0.3) is 0 Å². The molecule has 0 aliphatic heterocycles. The fourth-order valence-electron chi connectivity index (χ4n) is 0.421. The number of rotatable bonds is 3. The van der Waals surface area contributed by atoms with Crippen LogP contribution < -0.4 is 0 Å². The Morgan fingerprint density at radius 3 is 2.20 bits per heavy atom. The van der Waals surface area contributed by atoms with E-state index >= 15 is 0 Å². The van der Waals surface area contributed by atoms with Gasteiger partial charge in [0.25, 0.3) is 0 Å². The maximum Gasteiger partial charge on any atom is 0.215 e. The van der Waals surface area contributed by atoms with Gasteiger partial charge in [-0.2, -0.15) is 0 Å². The van der Waals surface area contributed by atoms with E-state index in [1.807, 2.05) is 0 Å². The van der Waals surface area contributed by atoms with Crippen LogP contribution in [0.15, 0.2) is 0 Å². The van der Waals surface area contributed by atoms with Crippen molar-refractivity contribution in [3.63, 3.8) is 0 Å². The van der Waals surface area contributed by atoms with Gasteiger partial charge in [0.05, 0.1) is 6.61 Å². The van der Waals surface area contributed by atoms with Crippen LogP contribution in [0.4, 0.5) is 0 Å². The lowest BCUT2D eigenvalue weighted by Crippen LogP contribution is -2.36. The Bertz CT molecular complexity index is 133. The summed E-state index contributed by atoms with van der Waals surface area (Å²) in [6.07, 6.45) is -1.19.